The molecule has 0 saturated carbocycles. The number of benzene rings is 2. The highest BCUT2D eigenvalue weighted by molar-refractivity contribution is 7.92. The molecule has 0 bridgehead atoms. The Morgan fingerprint density at radius 2 is 1.83 bits per heavy atom. The Hall–Kier alpha value is -3.50. The lowest BCUT2D eigenvalue weighted by Crippen LogP contribution is -2.48. The number of carbonyl (C=O) groups is 1. The van der Waals surface area contributed by atoms with Gasteiger partial charge in [0.05, 0.1) is 41.6 Å². The zero-order valence-electron chi connectivity index (χ0n) is 27.4. The fraction of sp³-hybridized carbons (Fsp3) is 0.500. The van der Waals surface area contributed by atoms with Crippen molar-refractivity contribution in [1.82, 2.24) is 18.8 Å². The number of rotatable bonds is 9. The quantitative estimate of drug-likeness (QED) is 0.343. The van der Waals surface area contributed by atoms with E-state index in [1.807, 2.05) is 13.8 Å². The molecule has 1 amide bonds. The van der Waals surface area contributed by atoms with E-state index in [0.29, 0.717) is 19.4 Å². The first-order chi connectivity index (χ1) is 22.2. The third kappa shape index (κ3) is 9.11. The minimum absolute atomic E-state index is 0.0451. The fourth-order valence-electron chi connectivity index (χ4n) is 5.31. The summed E-state index contributed by atoms with van der Waals surface area (Å²) in [5.74, 6) is -0.566. The predicted molar refractivity (Wildman–Crippen MR) is 177 cm³/mol. The van der Waals surface area contributed by atoms with Crippen LogP contribution in [-0.2, 0) is 31.8 Å². The summed E-state index contributed by atoms with van der Waals surface area (Å²) in [6, 6.07) is 12.0. The number of carbonyl (C=O) groups excluding carboxylic acids is 1. The minimum Gasteiger partial charge on any atom is -0.490 e. The van der Waals surface area contributed by atoms with Crippen molar-refractivity contribution in [2.45, 2.75) is 68.2 Å². The first-order valence-corrected chi connectivity index (χ1v) is 18.5. The molecule has 3 aromatic rings. The molecule has 4 atom stereocenters. The van der Waals surface area contributed by atoms with E-state index in [0.717, 1.165) is 6.42 Å². The maximum absolute atomic E-state index is 14.3. The highest BCUT2D eigenvalue weighted by atomic mass is 32.2. The van der Waals surface area contributed by atoms with E-state index < -0.39 is 38.1 Å². The number of amides is 1. The molecule has 4 rings (SSSR count). The summed E-state index contributed by atoms with van der Waals surface area (Å²) in [4.78, 5) is 19.9. The molecule has 0 radical (unpaired) electrons. The van der Waals surface area contributed by atoms with Crippen molar-refractivity contribution in [3.63, 3.8) is 0 Å². The van der Waals surface area contributed by atoms with Gasteiger partial charge in [0.1, 0.15) is 5.75 Å². The van der Waals surface area contributed by atoms with Gasteiger partial charge in [-0.1, -0.05) is 25.1 Å². The molecule has 0 saturated heterocycles. The van der Waals surface area contributed by atoms with Gasteiger partial charge < -0.3 is 24.0 Å². The molecule has 13 nitrogen and oxygen atoms in total. The zero-order valence-corrected chi connectivity index (χ0v) is 29.1. The topological polar surface area (TPSA) is 160 Å². The van der Waals surface area contributed by atoms with Crippen LogP contribution < -0.4 is 9.46 Å². The molecule has 2 aromatic carbocycles. The third-order valence-electron chi connectivity index (χ3n) is 8.15. The van der Waals surface area contributed by atoms with Crippen LogP contribution in [0.3, 0.4) is 0 Å². The lowest BCUT2D eigenvalue weighted by Gasteiger charge is -2.35. The summed E-state index contributed by atoms with van der Waals surface area (Å²) in [7, 11) is -4.69. The largest absolute Gasteiger partial charge is 0.490 e. The monoisotopic (exact) mass is 691 g/mol. The molecule has 1 aliphatic heterocycles. The molecule has 0 aliphatic carbocycles. The average molecular weight is 692 g/mol. The number of nitrogens with one attached hydrogen (secondary N) is 1. The van der Waals surface area contributed by atoms with Gasteiger partial charge in [0.2, 0.25) is 10.0 Å². The second-order valence-corrected chi connectivity index (χ2v) is 15.8. The van der Waals surface area contributed by atoms with E-state index in [1.165, 1.54) is 45.5 Å². The molecular weight excluding hydrogens is 647 g/mol. The predicted octanol–water partition coefficient (Wildman–Crippen LogP) is 3.34. The number of aliphatic hydroxyl groups excluding tert-OH is 1. The number of hydrogen-bond donors (Lipinski definition) is 2. The van der Waals surface area contributed by atoms with Gasteiger partial charge in [0.25, 0.3) is 15.9 Å². The van der Waals surface area contributed by atoms with Gasteiger partial charge in [-0.3, -0.25) is 9.52 Å². The van der Waals surface area contributed by atoms with Crippen LogP contribution in [0.15, 0.2) is 71.0 Å². The van der Waals surface area contributed by atoms with Crippen LogP contribution in [0, 0.1) is 5.92 Å². The number of imidazole rings is 1. The minimum atomic E-state index is -4.05. The number of aryl methyl sites for hydroxylation is 1. The molecule has 0 fully saturated rings. The van der Waals surface area contributed by atoms with E-state index in [9.17, 15) is 26.7 Å². The van der Waals surface area contributed by atoms with Crippen LogP contribution in [0.1, 0.15) is 50.4 Å². The second kappa shape index (κ2) is 15.6. The van der Waals surface area contributed by atoms with Crippen LogP contribution in [0.4, 0.5) is 5.69 Å². The van der Waals surface area contributed by atoms with Gasteiger partial charge in [0, 0.05) is 51.6 Å². The first-order valence-electron chi connectivity index (χ1n) is 15.6. The molecule has 1 aliphatic rings. The van der Waals surface area contributed by atoms with E-state index in [-0.39, 0.29) is 58.6 Å². The summed E-state index contributed by atoms with van der Waals surface area (Å²) in [6.07, 6.45) is 4.02. The van der Waals surface area contributed by atoms with Crippen molar-refractivity contribution in [2.24, 2.45) is 13.0 Å². The summed E-state index contributed by atoms with van der Waals surface area (Å²) in [5, 5.41) is 10.0. The van der Waals surface area contributed by atoms with Gasteiger partial charge in [-0.15, -0.1) is 0 Å². The van der Waals surface area contributed by atoms with E-state index in [4.69, 9.17) is 9.47 Å². The Bertz CT molecular complexity index is 1720. The summed E-state index contributed by atoms with van der Waals surface area (Å²) in [5.41, 5.74) is 0.252. The van der Waals surface area contributed by atoms with Gasteiger partial charge >= 0.3 is 0 Å². The van der Waals surface area contributed by atoms with E-state index in [1.54, 1.807) is 50.4 Å². The lowest BCUT2D eigenvalue weighted by molar-refractivity contribution is -0.00833. The van der Waals surface area contributed by atoms with Crippen molar-refractivity contribution < 1.29 is 36.2 Å². The van der Waals surface area contributed by atoms with Crippen LogP contribution in [0.5, 0.6) is 5.75 Å². The molecular formula is C32H45N5O8S2. The fourth-order valence-corrected chi connectivity index (χ4v) is 7.54. The van der Waals surface area contributed by atoms with Crippen molar-refractivity contribution in [3.8, 4) is 5.75 Å². The van der Waals surface area contributed by atoms with Gasteiger partial charge in [-0.25, -0.2) is 13.4 Å². The molecule has 2 N–H and O–H groups in total. The molecule has 258 valence electrons. The third-order valence-corrected chi connectivity index (χ3v) is 11.3. The van der Waals surface area contributed by atoms with E-state index >= 15 is 0 Å². The SMILES string of the molecule is C[C@@H]1CCCCO[C@H](CN(C)S(=O)(=O)c2ccccc2)[C@H](C)CN([C@H](C)CO)C(=O)c2cc(NS(=O)(=O)c3cn(C)cn3)ccc2O1. The number of likely N-dealkylation sites (N-methyl/N-ethyl adjacent to an activating group) is 1. The standard InChI is InChI=1S/C32H45N5O8S2/c1-23-18-37(24(2)21-38)32(39)28-17-26(34-46(40,41)31-20-35(4)22-33-31)14-15-29(28)45-25(3)11-9-10-16-44-30(23)19-36(5)47(42,43)27-12-7-6-8-13-27/h6-8,12-15,17,20,22-25,30,34,38H,9-11,16,18-19,21H2,1-5H3/t23-,24-,25-,30-/m1/s1. The Morgan fingerprint density at radius 3 is 2.49 bits per heavy atom. The summed E-state index contributed by atoms with van der Waals surface area (Å²) >= 11 is 0. The maximum atomic E-state index is 14.3. The Morgan fingerprint density at radius 1 is 1.11 bits per heavy atom. The highest BCUT2D eigenvalue weighted by Gasteiger charge is 2.32. The molecule has 15 heteroatoms. The number of anilines is 1. The zero-order chi connectivity index (χ0) is 34.4. The normalized spacial score (nSPS) is 21.0. The van der Waals surface area contributed by atoms with Crippen LogP contribution in [-0.4, -0.2) is 98.2 Å². The van der Waals surface area contributed by atoms with Gasteiger partial charge in [0.15, 0.2) is 5.03 Å². The number of fused-ring (bicyclic) bond motifs is 1. The van der Waals surface area contributed by atoms with Crippen LogP contribution >= 0.6 is 0 Å². The molecule has 0 spiro atoms. The van der Waals surface area contributed by atoms with Crippen molar-refractivity contribution in [1.29, 1.82) is 0 Å². The molecule has 1 aromatic heterocycles. The first kappa shape index (κ1) is 36.3. The van der Waals surface area contributed by atoms with Crippen LogP contribution in [0.2, 0.25) is 0 Å². The van der Waals surface area contributed by atoms with Gasteiger partial charge in [-0.2, -0.15) is 12.7 Å². The molecule has 0 unspecified atom stereocenters. The number of sulfonamides is 2. The van der Waals surface area contributed by atoms with Crippen molar-refractivity contribution >= 4 is 31.6 Å². The smallest absolute Gasteiger partial charge is 0.280 e. The lowest BCUT2D eigenvalue weighted by atomic mass is 10.0. The van der Waals surface area contributed by atoms with Crippen molar-refractivity contribution in [3.05, 3.63) is 66.6 Å². The Balaban J connectivity index is 1.68. The molecule has 2 heterocycles. The van der Waals surface area contributed by atoms with Gasteiger partial charge in [-0.05, 0) is 63.4 Å². The maximum Gasteiger partial charge on any atom is 0.280 e. The number of hydrogen-bond acceptors (Lipinski definition) is 9. The average Bonchev–Trinajstić information content (AvgIpc) is 3.49. The Labute approximate surface area is 277 Å². The van der Waals surface area contributed by atoms with E-state index in [2.05, 4.69) is 9.71 Å². The number of nitrogens with zero attached hydrogens (tertiary/aromatic N) is 4. The number of ether oxygens (including phenoxy) is 2. The summed E-state index contributed by atoms with van der Waals surface area (Å²) in [6.45, 7) is 5.67. The highest BCUT2D eigenvalue weighted by Crippen LogP contribution is 2.29. The summed E-state index contributed by atoms with van der Waals surface area (Å²) < 4.78 is 70.5. The van der Waals surface area contributed by atoms with Crippen LogP contribution in [0.25, 0.3) is 0 Å². The second-order valence-electron chi connectivity index (χ2n) is 12.1. The number of aliphatic hydroxyl groups is 1. The molecule has 47 heavy (non-hydrogen) atoms. The Kier molecular flexibility index (Phi) is 12.1. The van der Waals surface area contributed by atoms with Crippen molar-refractivity contribution in [2.75, 3.05) is 38.1 Å². The number of aromatic nitrogens is 2.